The molecule has 0 radical (unpaired) electrons. The van der Waals surface area contributed by atoms with Crippen LogP contribution in [0.15, 0.2) is 42.5 Å². The molecule has 0 aliphatic carbocycles. The van der Waals surface area contributed by atoms with E-state index < -0.39 is 12.1 Å². The third-order valence-corrected chi connectivity index (χ3v) is 5.45. The van der Waals surface area contributed by atoms with Crippen molar-refractivity contribution in [2.24, 2.45) is 0 Å². The summed E-state index contributed by atoms with van der Waals surface area (Å²) in [6, 6.07) is 13.3. The minimum absolute atomic E-state index is 0.0238. The van der Waals surface area contributed by atoms with E-state index in [0.717, 1.165) is 21.8 Å². The van der Waals surface area contributed by atoms with Gasteiger partial charge >= 0.3 is 5.97 Å². The first-order valence-electron chi connectivity index (χ1n) is 10.8. The zero-order chi connectivity index (χ0) is 23.4. The van der Waals surface area contributed by atoms with Crippen molar-refractivity contribution in [1.29, 1.82) is 0 Å². The van der Waals surface area contributed by atoms with Crippen molar-refractivity contribution < 1.29 is 23.9 Å². The molecule has 32 heavy (non-hydrogen) atoms. The van der Waals surface area contributed by atoms with Crippen LogP contribution < -0.4 is 4.74 Å². The lowest BCUT2D eigenvalue weighted by molar-refractivity contribution is -0.148. The molecule has 0 aliphatic heterocycles. The standard InChI is InChI=1S/C25H30N2O5/c1-16(2)26(17(3)28)14-13-20(32-19(5)30)15-31-24-12-8-11-23-25(24)21-9-6-7-10-22(21)27(23)18(4)29/h6-12,16,20H,13-15H2,1-5H3. The summed E-state index contributed by atoms with van der Waals surface area (Å²) in [5.41, 5.74) is 1.58. The Morgan fingerprint density at radius 2 is 1.66 bits per heavy atom. The van der Waals surface area contributed by atoms with Crippen molar-refractivity contribution in [3.05, 3.63) is 42.5 Å². The Balaban J connectivity index is 1.89. The molecule has 7 nitrogen and oxygen atoms in total. The second-order valence-electron chi connectivity index (χ2n) is 8.16. The zero-order valence-corrected chi connectivity index (χ0v) is 19.3. The summed E-state index contributed by atoms with van der Waals surface area (Å²) in [4.78, 5) is 37.6. The molecule has 2 aromatic carbocycles. The van der Waals surface area contributed by atoms with Crippen LogP contribution in [0, 0.1) is 0 Å². The maximum absolute atomic E-state index is 12.3. The molecule has 3 rings (SSSR count). The van der Waals surface area contributed by atoms with Crippen molar-refractivity contribution in [2.75, 3.05) is 13.2 Å². The number of hydrogen-bond acceptors (Lipinski definition) is 5. The van der Waals surface area contributed by atoms with Gasteiger partial charge in [-0.25, -0.2) is 0 Å². The van der Waals surface area contributed by atoms with Crippen LogP contribution in [0.3, 0.4) is 0 Å². The molecule has 0 saturated carbocycles. The highest BCUT2D eigenvalue weighted by molar-refractivity contribution is 6.15. The Hall–Kier alpha value is -3.35. The number of nitrogens with zero attached hydrogens (tertiary/aromatic N) is 2. The lowest BCUT2D eigenvalue weighted by atomic mass is 10.1. The molecule has 0 aliphatic rings. The Bertz CT molecular complexity index is 1150. The van der Waals surface area contributed by atoms with Crippen LogP contribution in [0.25, 0.3) is 21.8 Å². The van der Waals surface area contributed by atoms with Gasteiger partial charge in [-0.15, -0.1) is 0 Å². The van der Waals surface area contributed by atoms with Gasteiger partial charge in [0.15, 0.2) is 0 Å². The zero-order valence-electron chi connectivity index (χ0n) is 19.3. The van der Waals surface area contributed by atoms with Gasteiger partial charge in [0, 0.05) is 45.2 Å². The molecule has 1 unspecified atom stereocenters. The first kappa shape index (κ1) is 23.3. The number of benzene rings is 2. The van der Waals surface area contributed by atoms with E-state index in [-0.39, 0.29) is 24.5 Å². The van der Waals surface area contributed by atoms with Crippen molar-refractivity contribution >= 4 is 39.6 Å². The van der Waals surface area contributed by atoms with Gasteiger partial charge in [0.25, 0.3) is 0 Å². The average molecular weight is 439 g/mol. The van der Waals surface area contributed by atoms with Gasteiger partial charge in [0.05, 0.1) is 16.4 Å². The molecule has 0 fully saturated rings. The summed E-state index contributed by atoms with van der Waals surface area (Å²) < 4.78 is 13.3. The minimum Gasteiger partial charge on any atom is -0.489 e. The highest BCUT2D eigenvalue weighted by Crippen LogP contribution is 2.35. The van der Waals surface area contributed by atoms with Crippen molar-refractivity contribution in [3.63, 3.8) is 0 Å². The van der Waals surface area contributed by atoms with E-state index in [1.165, 1.54) is 20.8 Å². The van der Waals surface area contributed by atoms with Crippen LogP contribution in [0.2, 0.25) is 0 Å². The molecule has 0 spiro atoms. The second-order valence-corrected chi connectivity index (χ2v) is 8.16. The summed E-state index contributed by atoms with van der Waals surface area (Å²) in [6.45, 7) is 8.92. The highest BCUT2D eigenvalue weighted by atomic mass is 16.6. The fraction of sp³-hybridized carbons (Fsp3) is 0.400. The van der Waals surface area contributed by atoms with Gasteiger partial charge in [0.1, 0.15) is 18.5 Å². The van der Waals surface area contributed by atoms with Gasteiger partial charge in [-0.2, -0.15) is 0 Å². The lowest BCUT2D eigenvalue weighted by Crippen LogP contribution is -2.38. The molecule has 1 atom stereocenters. The van der Waals surface area contributed by atoms with E-state index in [9.17, 15) is 14.4 Å². The molecule has 7 heteroatoms. The summed E-state index contributed by atoms with van der Waals surface area (Å²) in [5.74, 6) is 0.112. The normalized spacial score (nSPS) is 12.2. The molecular weight excluding hydrogens is 408 g/mol. The topological polar surface area (TPSA) is 77.8 Å². The highest BCUT2D eigenvalue weighted by Gasteiger charge is 2.21. The van der Waals surface area contributed by atoms with Crippen LogP contribution in [0.1, 0.15) is 45.8 Å². The Morgan fingerprint density at radius 1 is 0.969 bits per heavy atom. The molecule has 0 saturated heterocycles. The van der Waals surface area contributed by atoms with Crippen LogP contribution in [-0.4, -0.2) is 52.5 Å². The number of hydrogen-bond donors (Lipinski definition) is 0. The summed E-state index contributed by atoms with van der Waals surface area (Å²) in [5, 5.41) is 1.76. The van der Waals surface area contributed by atoms with Crippen LogP contribution in [0.4, 0.5) is 0 Å². The Morgan fingerprint density at radius 3 is 2.28 bits per heavy atom. The summed E-state index contributed by atoms with van der Waals surface area (Å²) in [7, 11) is 0. The fourth-order valence-electron chi connectivity index (χ4n) is 4.10. The fourth-order valence-corrected chi connectivity index (χ4v) is 4.10. The van der Waals surface area contributed by atoms with Gasteiger partial charge in [-0.3, -0.25) is 19.0 Å². The van der Waals surface area contributed by atoms with Crippen molar-refractivity contribution in [1.82, 2.24) is 9.47 Å². The molecule has 0 bridgehead atoms. The maximum atomic E-state index is 12.3. The van der Waals surface area contributed by atoms with E-state index >= 15 is 0 Å². The molecule has 1 amide bonds. The number of carbonyl (C=O) groups excluding carboxylic acids is 3. The number of carbonyl (C=O) groups is 3. The van der Waals surface area contributed by atoms with E-state index in [1.807, 2.05) is 56.3 Å². The monoisotopic (exact) mass is 438 g/mol. The summed E-state index contributed by atoms with van der Waals surface area (Å²) >= 11 is 0. The van der Waals surface area contributed by atoms with Crippen LogP contribution in [-0.2, 0) is 14.3 Å². The number of para-hydroxylation sites is 1. The molecule has 0 N–H and O–H groups in total. The van der Waals surface area contributed by atoms with Gasteiger partial charge in [-0.05, 0) is 32.0 Å². The first-order valence-corrected chi connectivity index (χ1v) is 10.8. The maximum Gasteiger partial charge on any atom is 0.303 e. The molecule has 1 aromatic heterocycles. The summed E-state index contributed by atoms with van der Waals surface area (Å²) in [6.07, 6.45) is -0.0489. The largest absolute Gasteiger partial charge is 0.489 e. The van der Waals surface area contributed by atoms with Gasteiger partial charge in [-0.1, -0.05) is 24.3 Å². The first-order chi connectivity index (χ1) is 15.2. The number of rotatable bonds is 8. The van der Waals surface area contributed by atoms with Crippen molar-refractivity contribution in [3.8, 4) is 5.75 Å². The predicted octanol–water partition coefficient (Wildman–Crippen LogP) is 4.41. The van der Waals surface area contributed by atoms with Gasteiger partial charge in [0.2, 0.25) is 11.8 Å². The van der Waals surface area contributed by atoms with Crippen LogP contribution >= 0.6 is 0 Å². The number of esters is 1. The second kappa shape index (κ2) is 9.85. The molecule has 3 aromatic rings. The number of fused-ring (bicyclic) bond motifs is 3. The van der Waals surface area contributed by atoms with Crippen LogP contribution in [0.5, 0.6) is 5.75 Å². The lowest BCUT2D eigenvalue weighted by Gasteiger charge is -2.27. The molecule has 1 heterocycles. The number of aromatic nitrogens is 1. The number of amides is 1. The quantitative estimate of drug-likeness (QED) is 0.487. The predicted molar refractivity (Wildman–Crippen MR) is 124 cm³/mol. The molecule has 170 valence electrons. The van der Waals surface area contributed by atoms with E-state index in [2.05, 4.69) is 0 Å². The number of ether oxygens (including phenoxy) is 2. The van der Waals surface area contributed by atoms with Crippen molar-refractivity contribution in [2.45, 2.75) is 53.2 Å². The molecular formula is C25H30N2O5. The third-order valence-electron chi connectivity index (χ3n) is 5.45. The average Bonchev–Trinajstić information content (AvgIpc) is 3.06. The SMILES string of the molecule is CC(=O)OC(CCN(C(C)=O)C(C)C)COc1cccc2c1c1ccccc1n2C(C)=O. The Kier molecular flexibility index (Phi) is 7.18. The van der Waals surface area contributed by atoms with E-state index in [4.69, 9.17) is 9.47 Å². The van der Waals surface area contributed by atoms with E-state index in [0.29, 0.717) is 18.7 Å². The Labute approximate surface area is 187 Å². The van der Waals surface area contributed by atoms with Gasteiger partial charge < -0.3 is 14.4 Å². The van der Waals surface area contributed by atoms with E-state index in [1.54, 1.807) is 9.47 Å². The smallest absolute Gasteiger partial charge is 0.303 e. The minimum atomic E-state index is -0.510. The third kappa shape index (κ3) is 4.93.